The van der Waals surface area contributed by atoms with E-state index in [1.54, 1.807) is 0 Å². The standard InChI is InChI=1S/C10H18O3/c1-4-5-6-9(7(2)11)10(13)8(3)12/h9-10,13H,4-6H2,1-3H3/t9-,10+/m0/s1. The molecule has 0 heterocycles. The topological polar surface area (TPSA) is 54.4 Å². The summed E-state index contributed by atoms with van der Waals surface area (Å²) in [7, 11) is 0. The van der Waals surface area contributed by atoms with Crippen molar-refractivity contribution in [1.29, 1.82) is 0 Å². The van der Waals surface area contributed by atoms with Crippen LogP contribution in [0.15, 0.2) is 0 Å². The van der Waals surface area contributed by atoms with E-state index in [1.807, 2.05) is 6.92 Å². The average molecular weight is 186 g/mol. The van der Waals surface area contributed by atoms with Crippen LogP contribution in [0.25, 0.3) is 0 Å². The fourth-order valence-electron chi connectivity index (χ4n) is 1.29. The predicted molar refractivity (Wildman–Crippen MR) is 50.4 cm³/mol. The minimum atomic E-state index is -1.11. The summed E-state index contributed by atoms with van der Waals surface area (Å²) in [5.74, 6) is -0.926. The number of hydrogen-bond acceptors (Lipinski definition) is 3. The summed E-state index contributed by atoms with van der Waals surface area (Å²) in [5.41, 5.74) is 0. The third-order valence-electron chi connectivity index (χ3n) is 2.19. The molecular weight excluding hydrogens is 168 g/mol. The second-order valence-electron chi connectivity index (χ2n) is 3.41. The van der Waals surface area contributed by atoms with Gasteiger partial charge in [-0.05, 0) is 20.3 Å². The van der Waals surface area contributed by atoms with Crippen LogP contribution in [0.4, 0.5) is 0 Å². The van der Waals surface area contributed by atoms with Gasteiger partial charge in [0.05, 0.1) is 5.92 Å². The molecule has 0 rings (SSSR count). The summed E-state index contributed by atoms with van der Waals surface area (Å²) in [4.78, 5) is 21.9. The first kappa shape index (κ1) is 12.3. The Morgan fingerprint density at radius 1 is 1.23 bits per heavy atom. The first-order valence-corrected chi connectivity index (χ1v) is 4.69. The van der Waals surface area contributed by atoms with Gasteiger partial charge in [-0.25, -0.2) is 0 Å². The van der Waals surface area contributed by atoms with Crippen LogP contribution in [0.1, 0.15) is 40.0 Å². The van der Waals surface area contributed by atoms with Gasteiger partial charge in [0.15, 0.2) is 5.78 Å². The molecule has 0 aliphatic rings. The Morgan fingerprint density at radius 3 is 2.08 bits per heavy atom. The molecule has 0 unspecified atom stereocenters. The van der Waals surface area contributed by atoms with Crippen LogP contribution < -0.4 is 0 Å². The highest BCUT2D eigenvalue weighted by Crippen LogP contribution is 2.15. The van der Waals surface area contributed by atoms with Crippen molar-refractivity contribution >= 4 is 11.6 Å². The van der Waals surface area contributed by atoms with E-state index < -0.39 is 12.0 Å². The molecule has 0 aromatic rings. The van der Waals surface area contributed by atoms with Crippen LogP contribution in [-0.4, -0.2) is 22.8 Å². The average Bonchev–Trinajstić information content (AvgIpc) is 2.04. The van der Waals surface area contributed by atoms with Gasteiger partial charge in [0.1, 0.15) is 11.9 Å². The quantitative estimate of drug-likeness (QED) is 0.681. The van der Waals surface area contributed by atoms with Crippen molar-refractivity contribution in [3.63, 3.8) is 0 Å². The van der Waals surface area contributed by atoms with Gasteiger partial charge in [0.2, 0.25) is 0 Å². The molecule has 3 nitrogen and oxygen atoms in total. The molecule has 76 valence electrons. The number of carbonyl (C=O) groups excluding carboxylic acids is 2. The molecule has 0 saturated heterocycles. The second-order valence-corrected chi connectivity index (χ2v) is 3.41. The minimum absolute atomic E-state index is 0.101. The maximum atomic E-state index is 11.1. The molecule has 2 atom stereocenters. The zero-order valence-electron chi connectivity index (χ0n) is 8.54. The number of aliphatic hydroxyl groups excluding tert-OH is 1. The molecule has 0 spiro atoms. The molecule has 0 aromatic carbocycles. The molecule has 0 fully saturated rings. The van der Waals surface area contributed by atoms with Crippen molar-refractivity contribution in [2.24, 2.45) is 5.92 Å². The number of Topliss-reactive ketones (excluding diaryl/α,β-unsaturated/α-hetero) is 2. The summed E-state index contributed by atoms with van der Waals surface area (Å²) in [5, 5.41) is 9.41. The number of ketones is 2. The van der Waals surface area contributed by atoms with E-state index in [4.69, 9.17) is 0 Å². The SMILES string of the molecule is CCCC[C@@H](C(C)=O)[C@H](O)C(C)=O. The van der Waals surface area contributed by atoms with Gasteiger partial charge < -0.3 is 5.11 Å². The van der Waals surface area contributed by atoms with Gasteiger partial charge in [-0.2, -0.15) is 0 Å². The van der Waals surface area contributed by atoms with Crippen molar-refractivity contribution in [2.75, 3.05) is 0 Å². The Balaban J connectivity index is 4.24. The van der Waals surface area contributed by atoms with Gasteiger partial charge in [0, 0.05) is 0 Å². The third-order valence-corrected chi connectivity index (χ3v) is 2.19. The van der Waals surface area contributed by atoms with Crippen molar-refractivity contribution < 1.29 is 14.7 Å². The van der Waals surface area contributed by atoms with Crippen LogP contribution in [0.2, 0.25) is 0 Å². The van der Waals surface area contributed by atoms with Gasteiger partial charge in [0.25, 0.3) is 0 Å². The fraction of sp³-hybridized carbons (Fsp3) is 0.800. The molecule has 0 radical (unpaired) electrons. The summed E-state index contributed by atoms with van der Waals surface area (Å²) >= 11 is 0. The highest BCUT2D eigenvalue weighted by molar-refractivity contribution is 5.88. The number of carbonyl (C=O) groups is 2. The van der Waals surface area contributed by atoms with Crippen LogP contribution in [0, 0.1) is 5.92 Å². The normalized spacial score (nSPS) is 15.1. The lowest BCUT2D eigenvalue weighted by Crippen LogP contribution is -2.32. The van der Waals surface area contributed by atoms with E-state index in [0.717, 1.165) is 12.8 Å². The molecule has 3 heteroatoms. The minimum Gasteiger partial charge on any atom is -0.385 e. The van der Waals surface area contributed by atoms with Crippen molar-refractivity contribution in [3.8, 4) is 0 Å². The Morgan fingerprint density at radius 2 is 1.77 bits per heavy atom. The molecule has 0 aliphatic carbocycles. The van der Waals surface area contributed by atoms with E-state index in [0.29, 0.717) is 6.42 Å². The molecule has 0 aromatic heterocycles. The van der Waals surface area contributed by atoms with E-state index in [2.05, 4.69) is 0 Å². The van der Waals surface area contributed by atoms with Gasteiger partial charge in [-0.15, -0.1) is 0 Å². The van der Waals surface area contributed by atoms with Crippen LogP contribution in [0.5, 0.6) is 0 Å². The van der Waals surface area contributed by atoms with Crippen LogP contribution in [0.3, 0.4) is 0 Å². The molecule has 0 bridgehead atoms. The maximum Gasteiger partial charge on any atom is 0.158 e. The third kappa shape index (κ3) is 4.18. The maximum absolute atomic E-state index is 11.1. The summed E-state index contributed by atoms with van der Waals surface area (Å²) in [6.07, 6.45) is 1.33. The Labute approximate surface area is 79.1 Å². The lowest BCUT2D eigenvalue weighted by atomic mass is 9.90. The Kier molecular flexibility index (Phi) is 5.55. The number of hydrogen-bond donors (Lipinski definition) is 1. The molecule has 0 amide bonds. The molecular formula is C10H18O3. The van der Waals surface area contributed by atoms with E-state index in [9.17, 15) is 14.7 Å². The fourth-order valence-corrected chi connectivity index (χ4v) is 1.29. The molecule has 13 heavy (non-hydrogen) atoms. The summed E-state index contributed by atoms with van der Waals surface area (Å²) in [6, 6.07) is 0. The monoisotopic (exact) mass is 186 g/mol. The van der Waals surface area contributed by atoms with Gasteiger partial charge in [-0.1, -0.05) is 19.8 Å². The van der Waals surface area contributed by atoms with Crippen LogP contribution in [-0.2, 0) is 9.59 Å². The zero-order chi connectivity index (χ0) is 10.4. The van der Waals surface area contributed by atoms with Crippen molar-refractivity contribution in [3.05, 3.63) is 0 Å². The predicted octanol–water partition coefficient (Wildman–Crippen LogP) is 1.33. The van der Waals surface area contributed by atoms with Crippen molar-refractivity contribution in [1.82, 2.24) is 0 Å². The second kappa shape index (κ2) is 5.86. The van der Waals surface area contributed by atoms with E-state index in [1.165, 1.54) is 13.8 Å². The van der Waals surface area contributed by atoms with Gasteiger partial charge >= 0.3 is 0 Å². The van der Waals surface area contributed by atoms with Crippen molar-refractivity contribution in [2.45, 2.75) is 46.1 Å². The molecule has 0 saturated carbocycles. The number of aliphatic hydroxyl groups is 1. The van der Waals surface area contributed by atoms with Crippen LogP contribution >= 0.6 is 0 Å². The highest BCUT2D eigenvalue weighted by Gasteiger charge is 2.26. The lowest BCUT2D eigenvalue weighted by molar-refractivity contribution is -0.135. The Hall–Kier alpha value is -0.700. The first-order valence-electron chi connectivity index (χ1n) is 4.69. The zero-order valence-corrected chi connectivity index (χ0v) is 8.54. The summed E-state index contributed by atoms with van der Waals surface area (Å²) < 4.78 is 0. The van der Waals surface area contributed by atoms with Gasteiger partial charge in [-0.3, -0.25) is 9.59 Å². The molecule has 1 N–H and O–H groups in total. The smallest absolute Gasteiger partial charge is 0.158 e. The van der Waals surface area contributed by atoms with E-state index in [-0.39, 0.29) is 11.6 Å². The Bertz CT molecular complexity index is 187. The highest BCUT2D eigenvalue weighted by atomic mass is 16.3. The lowest BCUT2D eigenvalue weighted by Gasteiger charge is -2.17. The number of unbranched alkanes of at least 4 members (excludes halogenated alkanes) is 1. The van der Waals surface area contributed by atoms with E-state index >= 15 is 0 Å². The number of rotatable bonds is 6. The largest absolute Gasteiger partial charge is 0.385 e. The molecule has 0 aliphatic heterocycles. The first-order chi connectivity index (χ1) is 6.00. The summed E-state index contributed by atoms with van der Waals surface area (Å²) in [6.45, 7) is 4.75.